The summed E-state index contributed by atoms with van der Waals surface area (Å²) in [4.78, 5) is 22.6. The Morgan fingerprint density at radius 1 is 1.10 bits per heavy atom. The molecule has 5 heteroatoms. The normalized spacial score (nSPS) is 14.7. The van der Waals surface area contributed by atoms with E-state index < -0.39 is 0 Å². The van der Waals surface area contributed by atoms with Gasteiger partial charge in [0.25, 0.3) is 5.91 Å². The van der Waals surface area contributed by atoms with Crippen molar-refractivity contribution >= 4 is 11.8 Å². The Morgan fingerprint density at radius 3 is 2.33 bits per heavy atom. The highest BCUT2D eigenvalue weighted by atomic mass is 16.5. The summed E-state index contributed by atoms with van der Waals surface area (Å²) in [6.45, 7) is 2.30. The molecule has 5 nitrogen and oxygen atoms in total. The molecule has 1 fully saturated rings. The smallest absolute Gasteiger partial charge is 0.251 e. The van der Waals surface area contributed by atoms with Gasteiger partial charge in [0, 0.05) is 25.6 Å². The van der Waals surface area contributed by atoms with Crippen molar-refractivity contribution in [1.29, 1.82) is 0 Å². The van der Waals surface area contributed by atoms with Gasteiger partial charge in [0.15, 0.2) is 0 Å². The highest BCUT2D eigenvalue weighted by Gasteiger charge is 2.16. The third-order valence-electron chi connectivity index (χ3n) is 3.51. The number of carbonyl (C=O) groups is 2. The van der Waals surface area contributed by atoms with Crippen LogP contribution in [0, 0.1) is 0 Å². The van der Waals surface area contributed by atoms with Crippen molar-refractivity contribution in [2.45, 2.75) is 38.7 Å². The molecule has 0 spiro atoms. The van der Waals surface area contributed by atoms with Crippen LogP contribution in [0.2, 0.25) is 0 Å². The summed E-state index contributed by atoms with van der Waals surface area (Å²) in [5.74, 6) is 0.571. The Labute approximate surface area is 125 Å². The van der Waals surface area contributed by atoms with E-state index in [4.69, 9.17) is 4.74 Å². The number of benzene rings is 1. The zero-order valence-corrected chi connectivity index (χ0v) is 12.4. The van der Waals surface area contributed by atoms with Gasteiger partial charge in [-0.2, -0.15) is 0 Å². The molecule has 0 aliphatic heterocycles. The van der Waals surface area contributed by atoms with E-state index in [9.17, 15) is 9.59 Å². The summed E-state index contributed by atoms with van der Waals surface area (Å²) in [5.41, 5.74) is 0.594. The Balaban J connectivity index is 1.77. The zero-order chi connectivity index (χ0) is 15.1. The predicted molar refractivity (Wildman–Crippen MR) is 80.3 cm³/mol. The molecule has 21 heavy (non-hydrogen) atoms. The van der Waals surface area contributed by atoms with E-state index in [2.05, 4.69) is 10.6 Å². The Kier molecular flexibility index (Phi) is 5.60. The predicted octanol–water partition coefficient (Wildman–Crippen LogP) is 1.87. The molecule has 0 radical (unpaired) electrons. The fourth-order valence-corrected chi connectivity index (χ4v) is 2.40. The molecule has 1 aromatic rings. The lowest BCUT2D eigenvalue weighted by atomic mass is 10.2. The second-order valence-corrected chi connectivity index (χ2v) is 5.29. The Morgan fingerprint density at radius 2 is 1.71 bits per heavy atom. The van der Waals surface area contributed by atoms with Gasteiger partial charge in [-0.15, -0.1) is 0 Å². The molecule has 1 aliphatic rings. The van der Waals surface area contributed by atoms with Crippen LogP contribution in [-0.2, 0) is 4.79 Å². The summed E-state index contributed by atoms with van der Waals surface area (Å²) in [6.07, 6.45) is 5.03. The van der Waals surface area contributed by atoms with Gasteiger partial charge in [0.2, 0.25) is 5.91 Å². The number of hydrogen-bond acceptors (Lipinski definition) is 3. The molecular weight excluding hydrogens is 268 g/mol. The van der Waals surface area contributed by atoms with Crippen molar-refractivity contribution in [1.82, 2.24) is 10.6 Å². The van der Waals surface area contributed by atoms with E-state index in [0.29, 0.717) is 24.8 Å². The van der Waals surface area contributed by atoms with Crippen LogP contribution in [0.25, 0.3) is 0 Å². The number of nitrogens with one attached hydrogen (secondary N) is 2. The van der Waals surface area contributed by atoms with Crippen LogP contribution < -0.4 is 15.4 Å². The molecule has 0 heterocycles. The third-order valence-corrected chi connectivity index (χ3v) is 3.51. The lowest BCUT2D eigenvalue weighted by Crippen LogP contribution is -2.33. The van der Waals surface area contributed by atoms with Crippen molar-refractivity contribution in [2.24, 2.45) is 0 Å². The first-order chi connectivity index (χ1) is 10.1. The van der Waals surface area contributed by atoms with Gasteiger partial charge in [-0.1, -0.05) is 0 Å². The molecule has 2 rings (SSSR count). The van der Waals surface area contributed by atoms with Crippen molar-refractivity contribution in [3.8, 4) is 5.75 Å². The largest absolute Gasteiger partial charge is 0.490 e. The van der Waals surface area contributed by atoms with Gasteiger partial charge in [0.05, 0.1) is 6.10 Å². The summed E-state index contributed by atoms with van der Waals surface area (Å²) in [6, 6.07) is 7.19. The van der Waals surface area contributed by atoms with E-state index in [1.165, 1.54) is 19.8 Å². The van der Waals surface area contributed by atoms with Gasteiger partial charge in [0.1, 0.15) is 5.75 Å². The minimum atomic E-state index is -0.146. The highest BCUT2D eigenvalue weighted by Crippen LogP contribution is 2.24. The van der Waals surface area contributed by atoms with Crippen LogP contribution in [-0.4, -0.2) is 31.0 Å². The van der Waals surface area contributed by atoms with E-state index in [1.807, 2.05) is 12.1 Å². The fraction of sp³-hybridized carbons (Fsp3) is 0.500. The first kappa shape index (κ1) is 15.4. The standard InChI is InChI=1S/C16H22N2O3/c1-12(19)17-10-11-18-16(20)13-6-8-15(9-7-13)21-14-4-2-3-5-14/h6-9,14H,2-5,10-11H2,1H3,(H,17,19)(H,18,20). The lowest BCUT2D eigenvalue weighted by Gasteiger charge is -2.13. The molecule has 0 unspecified atom stereocenters. The highest BCUT2D eigenvalue weighted by molar-refractivity contribution is 5.94. The zero-order valence-electron chi connectivity index (χ0n) is 12.4. The molecule has 1 aliphatic carbocycles. The van der Waals surface area contributed by atoms with E-state index >= 15 is 0 Å². The summed E-state index contributed by atoms with van der Waals surface area (Å²) >= 11 is 0. The van der Waals surface area contributed by atoms with Crippen molar-refractivity contribution < 1.29 is 14.3 Å². The van der Waals surface area contributed by atoms with Gasteiger partial charge >= 0.3 is 0 Å². The second-order valence-electron chi connectivity index (χ2n) is 5.29. The monoisotopic (exact) mass is 290 g/mol. The van der Waals surface area contributed by atoms with Crippen LogP contribution in [0.5, 0.6) is 5.75 Å². The topological polar surface area (TPSA) is 67.4 Å². The fourth-order valence-electron chi connectivity index (χ4n) is 2.40. The molecule has 0 aromatic heterocycles. The second kappa shape index (κ2) is 7.67. The average Bonchev–Trinajstić information content (AvgIpc) is 2.97. The van der Waals surface area contributed by atoms with Crippen molar-refractivity contribution in [2.75, 3.05) is 13.1 Å². The summed E-state index contributed by atoms with van der Waals surface area (Å²) < 4.78 is 5.86. The molecule has 114 valence electrons. The molecule has 0 bridgehead atoms. The molecule has 1 saturated carbocycles. The van der Waals surface area contributed by atoms with Crippen LogP contribution in [0.4, 0.5) is 0 Å². The van der Waals surface area contributed by atoms with Crippen molar-refractivity contribution in [3.63, 3.8) is 0 Å². The number of hydrogen-bond donors (Lipinski definition) is 2. The minimum Gasteiger partial charge on any atom is -0.490 e. The van der Waals surface area contributed by atoms with E-state index in [1.54, 1.807) is 12.1 Å². The van der Waals surface area contributed by atoms with Crippen LogP contribution in [0.1, 0.15) is 43.0 Å². The van der Waals surface area contributed by atoms with E-state index in [-0.39, 0.29) is 11.8 Å². The maximum absolute atomic E-state index is 11.9. The number of ether oxygens (including phenoxy) is 1. The van der Waals surface area contributed by atoms with E-state index in [0.717, 1.165) is 18.6 Å². The van der Waals surface area contributed by atoms with Gasteiger partial charge < -0.3 is 15.4 Å². The van der Waals surface area contributed by atoms with Gasteiger partial charge in [-0.3, -0.25) is 9.59 Å². The lowest BCUT2D eigenvalue weighted by molar-refractivity contribution is -0.118. The van der Waals surface area contributed by atoms with Crippen LogP contribution in [0.15, 0.2) is 24.3 Å². The molecule has 1 aromatic carbocycles. The Hall–Kier alpha value is -2.04. The van der Waals surface area contributed by atoms with Crippen LogP contribution >= 0.6 is 0 Å². The average molecular weight is 290 g/mol. The molecular formula is C16H22N2O3. The number of amides is 2. The first-order valence-electron chi connectivity index (χ1n) is 7.44. The maximum atomic E-state index is 11.9. The van der Waals surface area contributed by atoms with Gasteiger partial charge in [-0.05, 0) is 49.9 Å². The van der Waals surface area contributed by atoms with Crippen molar-refractivity contribution in [3.05, 3.63) is 29.8 Å². The van der Waals surface area contributed by atoms with Crippen LogP contribution in [0.3, 0.4) is 0 Å². The Bertz CT molecular complexity index is 479. The number of rotatable bonds is 6. The van der Waals surface area contributed by atoms with Gasteiger partial charge in [-0.25, -0.2) is 0 Å². The number of carbonyl (C=O) groups excluding carboxylic acids is 2. The summed E-state index contributed by atoms with van der Waals surface area (Å²) in [7, 11) is 0. The quantitative estimate of drug-likeness (QED) is 0.786. The minimum absolute atomic E-state index is 0.0994. The summed E-state index contributed by atoms with van der Waals surface area (Å²) in [5, 5.41) is 5.38. The molecule has 0 atom stereocenters. The SMILES string of the molecule is CC(=O)NCCNC(=O)c1ccc(OC2CCCC2)cc1. The molecule has 2 amide bonds. The maximum Gasteiger partial charge on any atom is 0.251 e. The third kappa shape index (κ3) is 5.10. The molecule has 2 N–H and O–H groups in total. The first-order valence-corrected chi connectivity index (χ1v) is 7.44. The molecule has 0 saturated heterocycles.